The van der Waals surface area contributed by atoms with Gasteiger partial charge in [0.15, 0.2) is 0 Å². The SMILES string of the molecule is CN1CCC2(CCN(C3CC3)C2)C1. The van der Waals surface area contributed by atoms with Gasteiger partial charge in [0.2, 0.25) is 0 Å². The molecule has 2 nitrogen and oxygen atoms in total. The molecule has 2 heteroatoms. The Morgan fingerprint density at radius 2 is 1.85 bits per heavy atom. The van der Waals surface area contributed by atoms with Crippen LogP contribution < -0.4 is 0 Å². The van der Waals surface area contributed by atoms with Crippen LogP contribution in [0.3, 0.4) is 0 Å². The molecule has 0 bridgehead atoms. The summed E-state index contributed by atoms with van der Waals surface area (Å²) in [5, 5.41) is 0. The van der Waals surface area contributed by atoms with E-state index in [0.29, 0.717) is 5.41 Å². The van der Waals surface area contributed by atoms with Gasteiger partial charge in [-0.1, -0.05) is 0 Å². The number of hydrogen-bond acceptors (Lipinski definition) is 2. The first-order valence-electron chi connectivity index (χ1n) is 5.70. The van der Waals surface area contributed by atoms with E-state index in [4.69, 9.17) is 0 Å². The van der Waals surface area contributed by atoms with Gasteiger partial charge in [0.05, 0.1) is 0 Å². The predicted octanol–water partition coefficient (Wildman–Crippen LogP) is 1.18. The van der Waals surface area contributed by atoms with Crippen LogP contribution in [0.4, 0.5) is 0 Å². The van der Waals surface area contributed by atoms with Gasteiger partial charge in [-0.2, -0.15) is 0 Å². The second-order valence-corrected chi connectivity index (χ2v) is 5.44. The maximum atomic E-state index is 2.75. The zero-order valence-electron chi connectivity index (χ0n) is 8.63. The molecular weight excluding hydrogens is 160 g/mol. The first kappa shape index (κ1) is 8.25. The van der Waals surface area contributed by atoms with Crippen LogP contribution in [-0.2, 0) is 0 Å². The van der Waals surface area contributed by atoms with Crippen molar-refractivity contribution in [1.29, 1.82) is 0 Å². The molecule has 2 aliphatic heterocycles. The van der Waals surface area contributed by atoms with Crippen LogP contribution in [-0.4, -0.2) is 49.1 Å². The molecule has 0 amide bonds. The van der Waals surface area contributed by atoms with Crippen molar-refractivity contribution >= 4 is 0 Å². The lowest BCUT2D eigenvalue weighted by Gasteiger charge is -2.23. The highest BCUT2D eigenvalue weighted by Gasteiger charge is 2.45. The second kappa shape index (κ2) is 2.71. The van der Waals surface area contributed by atoms with E-state index in [1.807, 2.05) is 0 Å². The molecule has 1 spiro atoms. The van der Waals surface area contributed by atoms with Gasteiger partial charge in [-0.15, -0.1) is 0 Å². The Morgan fingerprint density at radius 1 is 1.08 bits per heavy atom. The molecule has 2 heterocycles. The maximum absolute atomic E-state index is 2.75. The molecule has 0 radical (unpaired) electrons. The average molecular weight is 180 g/mol. The topological polar surface area (TPSA) is 6.48 Å². The summed E-state index contributed by atoms with van der Waals surface area (Å²) < 4.78 is 0. The van der Waals surface area contributed by atoms with Crippen molar-refractivity contribution in [2.45, 2.75) is 31.7 Å². The second-order valence-electron chi connectivity index (χ2n) is 5.44. The van der Waals surface area contributed by atoms with Crippen LogP contribution in [0.15, 0.2) is 0 Å². The fourth-order valence-electron chi connectivity index (χ4n) is 3.21. The van der Waals surface area contributed by atoms with E-state index in [-0.39, 0.29) is 0 Å². The molecule has 1 unspecified atom stereocenters. The molecule has 0 aromatic carbocycles. The van der Waals surface area contributed by atoms with Crippen LogP contribution in [0.1, 0.15) is 25.7 Å². The Bertz CT molecular complexity index is 212. The third kappa shape index (κ3) is 1.40. The van der Waals surface area contributed by atoms with Gasteiger partial charge in [0, 0.05) is 19.1 Å². The highest BCUT2D eigenvalue weighted by molar-refractivity contribution is 5.00. The molecule has 74 valence electrons. The van der Waals surface area contributed by atoms with Crippen LogP contribution in [0.2, 0.25) is 0 Å². The van der Waals surface area contributed by atoms with Gasteiger partial charge >= 0.3 is 0 Å². The third-order valence-electron chi connectivity index (χ3n) is 4.16. The van der Waals surface area contributed by atoms with E-state index in [1.54, 1.807) is 0 Å². The van der Waals surface area contributed by atoms with Gasteiger partial charge in [0.1, 0.15) is 0 Å². The van der Waals surface area contributed by atoms with Crippen LogP contribution in [0.5, 0.6) is 0 Å². The van der Waals surface area contributed by atoms with Gasteiger partial charge in [0.25, 0.3) is 0 Å². The Kier molecular flexibility index (Phi) is 1.72. The predicted molar refractivity (Wildman–Crippen MR) is 53.8 cm³/mol. The van der Waals surface area contributed by atoms with Crippen molar-refractivity contribution in [2.75, 3.05) is 33.2 Å². The molecule has 3 aliphatic rings. The van der Waals surface area contributed by atoms with Gasteiger partial charge in [-0.3, -0.25) is 4.90 Å². The summed E-state index contributed by atoms with van der Waals surface area (Å²) in [5.41, 5.74) is 0.706. The van der Waals surface area contributed by atoms with E-state index in [0.717, 1.165) is 6.04 Å². The molecule has 1 atom stereocenters. The quantitative estimate of drug-likeness (QED) is 0.598. The maximum Gasteiger partial charge on any atom is 0.00966 e. The fraction of sp³-hybridized carbons (Fsp3) is 1.00. The molecule has 1 saturated carbocycles. The lowest BCUT2D eigenvalue weighted by molar-refractivity contribution is 0.249. The molecule has 0 aromatic heterocycles. The van der Waals surface area contributed by atoms with E-state index in [2.05, 4.69) is 16.8 Å². The van der Waals surface area contributed by atoms with E-state index in [9.17, 15) is 0 Å². The van der Waals surface area contributed by atoms with Crippen LogP contribution >= 0.6 is 0 Å². The van der Waals surface area contributed by atoms with E-state index in [1.165, 1.54) is 51.9 Å². The summed E-state index contributed by atoms with van der Waals surface area (Å²) in [6, 6.07) is 0.991. The summed E-state index contributed by atoms with van der Waals surface area (Å²) in [5.74, 6) is 0. The Morgan fingerprint density at radius 3 is 2.46 bits per heavy atom. The minimum atomic E-state index is 0.706. The van der Waals surface area contributed by atoms with Crippen molar-refractivity contribution < 1.29 is 0 Å². The number of likely N-dealkylation sites (tertiary alicyclic amines) is 2. The third-order valence-corrected chi connectivity index (χ3v) is 4.16. The lowest BCUT2D eigenvalue weighted by atomic mass is 9.86. The Labute approximate surface area is 80.9 Å². The van der Waals surface area contributed by atoms with Gasteiger partial charge < -0.3 is 4.90 Å². The Hall–Kier alpha value is -0.0800. The molecule has 2 saturated heterocycles. The van der Waals surface area contributed by atoms with Crippen molar-refractivity contribution in [3.05, 3.63) is 0 Å². The molecular formula is C11H20N2. The average Bonchev–Trinajstić information content (AvgIpc) is 2.80. The highest BCUT2D eigenvalue weighted by atomic mass is 15.2. The van der Waals surface area contributed by atoms with Gasteiger partial charge in [-0.05, 0) is 51.2 Å². The summed E-state index contributed by atoms with van der Waals surface area (Å²) in [7, 11) is 2.27. The monoisotopic (exact) mass is 180 g/mol. The first-order valence-corrected chi connectivity index (χ1v) is 5.70. The smallest absolute Gasteiger partial charge is 0.00966 e. The van der Waals surface area contributed by atoms with Crippen molar-refractivity contribution in [3.63, 3.8) is 0 Å². The van der Waals surface area contributed by atoms with Crippen LogP contribution in [0.25, 0.3) is 0 Å². The highest BCUT2D eigenvalue weighted by Crippen LogP contribution is 2.42. The summed E-state index contributed by atoms with van der Waals surface area (Å²) in [4.78, 5) is 5.26. The lowest BCUT2D eigenvalue weighted by Crippen LogP contribution is -2.30. The zero-order chi connectivity index (χ0) is 8.89. The molecule has 1 aliphatic carbocycles. The molecule has 3 rings (SSSR count). The fourth-order valence-corrected chi connectivity index (χ4v) is 3.21. The first-order chi connectivity index (χ1) is 6.27. The van der Waals surface area contributed by atoms with Crippen molar-refractivity contribution in [1.82, 2.24) is 9.80 Å². The number of nitrogens with zero attached hydrogens (tertiary/aromatic N) is 2. The minimum Gasteiger partial charge on any atom is -0.306 e. The molecule has 13 heavy (non-hydrogen) atoms. The van der Waals surface area contributed by atoms with Crippen molar-refractivity contribution in [2.24, 2.45) is 5.41 Å². The molecule has 3 fully saturated rings. The van der Waals surface area contributed by atoms with Crippen molar-refractivity contribution in [3.8, 4) is 0 Å². The normalized spacial score (nSPS) is 42.2. The van der Waals surface area contributed by atoms with Crippen LogP contribution in [0, 0.1) is 5.41 Å². The summed E-state index contributed by atoms with van der Waals surface area (Å²) in [6.07, 6.45) is 5.87. The van der Waals surface area contributed by atoms with Gasteiger partial charge in [-0.25, -0.2) is 0 Å². The number of rotatable bonds is 1. The molecule has 0 N–H and O–H groups in total. The zero-order valence-corrected chi connectivity index (χ0v) is 8.63. The number of hydrogen-bond donors (Lipinski definition) is 0. The Balaban J connectivity index is 1.66. The summed E-state index contributed by atoms with van der Waals surface area (Å²) >= 11 is 0. The molecule has 0 aromatic rings. The largest absolute Gasteiger partial charge is 0.306 e. The summed E-state index contributed by atoms with van der Waals surface area (Å²) in [6.45, 7) is 5.48. The minimum absolute atomic E-state index is 0.706. The van der Waals surface area contributed by atoms with E-state index >= 15 is 0 Å². The van der Waals surface area contributed by atoms with E-state index < -0.39 is 0 Å². The standard InChI is InChI=1S/C11H20N2/c1-12-6-4-11(8-12)5-7-13(9-11)10-2-3-10/h10H,2-9H2,1H3.